The molecule has 0 amide bonds. The molecular formula is C9H7ClO2. The minimum atomic E-state index is -0.798. The number of hydrogen-bond acceptors (Lipinski definition) is 2. The summed E-state index contributed by atoms with van der Waals surface area (Å²) >= 11 is 5.70. The first-order valence-corrected chi connectivity index (χ1v) is 3.61. The minimum absolute atomic E-state index is 0.238. The molecule has 0 aromatic heterocycles. The quantitative estimate of drug-likeness (QED) is 0.400. The molecule has 1 aromatic carbocycles. The van der Waals surface area contributed by atoms with Gasteiger partial charge in [0.1, 0.15) is 5.75 Å². The number of para-hydroxylation sites is 1. The van der Waals surface area contributed by atoms with E-state index in [9.17, 15) is 4.79 Å². The third-order valence-corrected chi connectivity index (χ3v) is 1.50. The van der Waals surface area contributed by atoms with Crippen LogP contribution in [0.2, 0.25) is 5.02 Å². The highest BCUT2D eigenvalue weighted by atomic mass is 35.5. The maximum atomic E-state index is 10.9. The van der Waals surface area contributed by atoms with E-state index in [4.69, 9.17) is 17.7 Å². The molecule has 0 bridgehead atoms. The second kappa shape index (κ2) is 3.93. The van der Waals surface area contributed by atoms with Crippen LogP contribution in [0.4, 0.5) is 0 Å². The largest absolute Gasteiger partial charge is 0.422 e. The molecule has 0 radical (unpaired) electrons. The first kappa shape index (κ1) is 7.37. The molecule has 0 atom stereocenters. The van der Waals surface area contributed by atoms with Crippen LogP contribution >= 0.6 is 11.6 Å². The van der Waals surface area contributed by atoms with Crippen LogP contribution in [-0.2, 0) is 4.79 Å². The van der Waals surface area contributed by atoms with Gasteiger partial charge in [0.2, 0.25) is 0 Å². The average molecular weight is 184 g/mol. The maximum absolute atomic E-state index is 10.9. The van der Waals surface area contributed by atoms with Gasteiger partial charge in [0.05, 0.1) is 6.39 Å². The summed E-state index contributed by atoms with van der Waals surface area (Å²) in [5.41, 5.74) is 0. The normalized spacial score (nSPS) is 10.2. The molecule has 1 rings (SSSR count). The summed E-state index contributed by atoms with van der Waals surface area (Å²) < 4.78 is 11.6. The van der Waals surface area contributed by atoms with Crippen molar-refractivity contribution in [2.24, 2.45) is 0 Å². The van der Waals surface area contributed by atoms with Crippen molar-refractivity contribution in [2.75, 3.05) is 0 Å². The summed E-state index contributed by atoms with van der Waals surface area (Å²) in [6.45, 7) is 3.13. The first-order valence-electron chi connectivity index (χ1n) is 3.73. The number of carbonyl (C=O) groups is 1. The van der Waals surface area contributed by atoms with Crippen LogP contribution in [0.5, 0.6) is 5.75 Å². The van der Waals surface area contributed by atoms with E-state index in [1.54, 1.807) is 24.3 Å². The SMILES string of the molecule is [2H]C(=C)C(=O)Oc1ccccc1Cl. The maximum Gasteiger partial charge on any atom is 0.335 e. The van der Waals surface area contributed by atoms with E-state index in [0.29, 0.717) is 5.02 Å². The third kappa shape index (κ3) is 2.10. The van der Waals surface area contributed by atoms with Crippen molar-refractivity contribution in [3.05, 3.63) is 41.9 Å². The van der Waals surface area contributed by atoms with Gasteiger partial charge in [-0.3, -0.25) is 0 Å². The predicted molar refractivity (Wildman–Crippen MR) is 47.3 cm³/mol. The van der Waals surface area contributed by atoms with E-state index in [1.807, 2.05) is 0 Å². The first-order chi connectivity index (χ1) is 6.11. The highest BCUT2D eigenvalue weighted by molar-refractivity contribution is 6.32. The Kier molecular flexibility index (Phi) is 2.41. The number of esters is 1. The van der Waals surface area contributed by atoms with Crippen molar-refractivity contribution in [2.45, 2.75) is 0 Å². The Balaban J connectivity index is 2.81. The van der Waals surface area contributed by atoms with Gasteiger partial charge in [0.15, 0.2) is 0 Å². The van der Waals surface area contributed by atoms with Gasteiger partial charge in [-0.05, 0) is 12.1 Å². The molecular weight excluding hydrogens is 176 g/mol. The Morgan fingerprint density at radius 3 is 2.92 bits per heavy atom. The van der Waals surface area contributed by atoms with Crippen LogP contribution in [0, 0.1) is 0 Å². The van der Waals surface area contributed by atoms with E-state index in [1.165, 1.54) is 0 Å². The van der Waals surface area contributed by atoms with Gasteiger partial charge in [-0.2, -0.15) is 0 Å². The molecule has 12 heavy (non-hydrogen) atoms. The monoisotopic (exact) mass is 183 g/mol. The molecule has 0 heterocycles. The van der Waals surface area contributed by atoms with Crippen LogP contribution in [-0.4, -0.2) is 5.97 Å². The van der Waals surface area contributed by atoms with Crippen LogP contribution in [0.1, 0.15) is 1.37 Å². The van der Waals surface area contributed by atoms with Gasteiger partial charge < -0.3 is 4.74 Å². The molecule has 0 spiro atoms. The molecule has 1 aromatic rings. The number of rotatable bonds is 2. The van der Waals surface area contributed by atoms with E-state index in [0.717, 1.165) is 0 Å². The molecule has 62 valence electrons. The van der Waals surface area contributed by atoms with Gasteiger partial charge in [-0.25, -0.2) is 4.79 Å². The molecule has 0 aliphatic carbocycles. The van der Waals surface area contributed by atoms with Crippen LogP contribution in [0.3, 0.4) is 0 Å². The number of carbonyl (C=O) groups excluding carboxylic acids is 1. The van der Waals surface area contributed by atoms with Crippen molar-refractivity contribution in [1.82, 2.24) is 0 Å². The Labute approximate surface area is 76.8 Å². The van der Waals surface area contributed by atoms with E-state index in [-0.39, 0.29) is 5.75 Å². The molecule has 0 fully saturated rings. The smallest absolute Gasteiger partial charge is 0.335 e. The zero-order valence-corrected chi connectivity index (χ0v) is 6.97. The fraction of sp³-hybridized carbons (Fsp3) is 0. The average Bonchev–Trinajstić information content (AvgIpc) is 2.08. The topological polar surface area (TPSA) is 26.3 Å². The number of ether oxygens (including phenoxy) is 1. The summed E-state index contributed by atoms with van der Waals surface area (Å²) in [6, 6.07) is 6.14. The summed E-state index contributed by atoms with van der Waals surface area (Å²) in [4.78, 5) is 10.9. The number of hydrogen-bond donors (Lipinski definition) is 0. The van der Waals surface area contributed by atoms with E-state index in [2.05, 4.69) is 6.58 Å². The van der Waals surface area contributed by atoms with Crippen molar-refractivity contribution in [3.63, 3.8) is 0 Å². The lowest BCUT2D eigenvalue weighted by Crippen LogP contribution is -2.03. The van der Waals surface area contributed by atoms with Gasteiger partial charge in [0.25, 0.3) is 0 Å². The second-order valence-electron chi connectivity index (χ2n) is 2.00. The molecule has 0 saturated carbocycles. The molecule has 0 N–H and O–H groups in total. The summed E-state index contributed by atoms with van der Waals surface area (Å²) in [6.07, 6.45) is 0. The van der Waals surface area contributed by atoms with Gasteiger partial charge in [0, 0.05) is 6.05 Å². The molecule has 0 aliphatic heterocycles. The van der Waals surface area contributed by atoms with Crippen LogP contribution in [0.15, 0.2) is 36.9 Å². The Morgan fingerprint density at radius 2 is 2.33 bits per heavy atom. The zero-order valence-electron chi connectivity index (χ0n) is 7.21. The molecule has 0 unspecified atom stereocenters. The van der Waals surface area contributed by atoms with Crippen molar-refractivity contribution >= 4 is 17.6 Å². The van der Waals surface area contributed by atoms with Crippen molar-refractivity contribution in [1.29, 1.82) is 0 Å². The lowest BCUT2D eigenvalue weighted by Gasteiger charge is -2.01. The Bertz CT molecular complexity index is 349. The van der Waals surface area contributed by atoms with Crippen molar-refractivity contribution in [3.8, 4) is 5.75 Å². The summed E-state index contributed by atoms with van der Waals surface area (Å²) in [7, 11) is 0. The number of benzene rings is 1. The Morgan fingerprint density at radius 1 is 1.67 bits per heavy atom. The van der Waals surface area contributed by atoms with Gasteiger partial charge >= 0.3 is 5.97 Å². The minimum Gasteiger partial charge on any atom is -0.422 e. The lowest BCUT2D eigenvalue weighted by atomic mass is 10.3. The zero-order chi connectivity index (χ0) is 9.84. The summed E-state index contributed by atoms with van der Waals surface area (Å²) in [5.74, 6) is -0.560. The van der Waals surface area contributed by atoms with Crippen LogP contribution < -0.4 is 4.74 Å². The Hall–Kier alpha value is -1.28. The lowest BCUT2D eigenvalue weighted by molar-refractivity contribution is -0.128. The van der Waals surface area contributed by atoms with Gasteiger partial charge in [-0.1, -0.05) is 30.3 Å². The molecule has 2 nitrogen and oxygen atoms in total. The standard InChI is InChI=1S/C9H7ClO2/c1-2-9(11)12-8-6-4-3-5-7(8)10/h2-6H,1H2/i2D. The second-order valence-corrected chi connectivity index (χ2v) is 2.40. The van der Waals surface area contributed by atoms with E-state index < -0.39 is 12.0 Å². The highest BCUT2D eigenvalue weighted by Gasteiger charge is 2.02. The summed E-state index contributed by atoms with van der Waals surface area (Å²) in [5, 5.41) is 0.331. The van der Waals surface area contributed by atoms with Gasteiger partial charge in [-0.15, -0.1) is 0 Å². The molecule has 0 aliphatic rings. The molecule has 3 heteroatoms. The number of halogens is 1. The predicted octanol–water partition coefficient (Wildman–Crippen LogP) is 2.43. The molecule has 0 saturated heterocycles. The fourth-order valence-corrected chi connectivity index (χ4v) is 0.838. The van der Waals surface area contributed by atoms with E-state index >= 15 is 0 Å². The fourth-order valence-electron chi connectivity index (χ4n) is 0.663. The van der Waals surface area contributed by atoms with Crippen LogP contribution in [0.25, 0.3) is 0 Å². The highest BCUT2D eigenvalue weighted by Crippen LogP contribution is 2.22. The van der Waals surface area contributed by atoms with Crippen molar-refractivity contribution < 1.29 is 10.9 Å². The third-order valence-electron chi connectivity index (χ3n) is 1.18.